The van der Waals surface area contributed by atoms with E-state index in [4.69, 9.17) is 4.42 Å². The highest BCUT2D eigenvalue weighted by atomic mass is 16.3. The third-order valence-corrected chi connectivity index (χ3v) is 9.12. The van der Waals surface area contributed by atoms with E-state index in [1.165, 1.54) is 60.1 Å². The van der Waals surface area contributed by atoms with Gasteiger partial charge in [0, 0.05) is 16.3 Å². The molecule has 0 radical (unpaired) electrons. The maximum atomic E-state index is 6.55. The number of para-hydroxylation sites is 1. The van der Waals surface area contributed by atoms with Crippen molar-refractivity contribution < 1.29 is 4.42 Å². The van der Waals surface area contributed by atoms with Crippen molar-refractivity contribution in [2.24, 2.45) is 0 Å². The van der Waals surface area contributed by atoms with Crippen LogP contribution < -0.4 is 0 Å². The Balaban J connectivity index is 1.44. The molecule has 0 saturated heterocycles. The maximum absolute atomic E-state index is 6.55. The lowest BCUT2D eigenvalue weighted by molar-refractivity contribution is 0.670. The lowest BCUT2D eigenvalue weighted by atomic mass is 9.84. The van der Waals surface area contributed by atoms with Crippen LogP contribution in [0.3, 0.4) is 0 Å². The number of aryl methyl sites for hydroxylation is 1. The quantitative estimate of drug-likeness (QED) is 0.196. The number of fused-ring (bicyclic) bond motifs is 6. The summed E-state index contributed by atoms with van der Waals surface area (Å²) in [5, 5.41) is 9.80. The van der Waals surface area contributed by atoms with Crippen molar-refractivity contribution in [2.75, 3.05) is 0 Å². The Morgan fingerprint density at radius 1 is 0.386 bits per heavy atom. The molecule has 0 spiro atoms. The Morgan fingerprint density at radius 3 is 1.66 bits per heavy atom. The first kappa shape index (κ1) is 24.9. The van der Waals surface area contributed by atoms with Gasteiger partial charge in [0.1, 0.15) is 11.2 Å². The van der Waals surface area contributed by atoms with Crippen molar-refractivity contribution in [2.45, 2.75) is 6.92 Å². The highest BCUT2D eigenvalue weighted by molar-refractivity contribution is 6.24. The van der Waals surface area contributed by atoms with E-state index in [0.29, 0.717) is 0 Å². The predicted molar refractivity (Wildman–Crippen MR) is 187 cm³/mol. The number of hydrogen-bond acceptors (Lipinski definition) is 1. The molecule has 0 aliphatic carbocycles. The molecule has 8 aromatic carbocycles. The molecule has 0 aliphatic rings. The second-order valence-corrected chi connectivity index (χ2v) is 11.7. The van der Waals surface area contributed by atoms with Crippen LogP contribution in [-0.4, -0.2) is 0 Å². The molecule has 0 aliphatic heterocycles. The van der Waals surface area contributed by atoms with Gasteiger partial charge in [-0.15, -0.1) is 0 Å². The third-order valence-electron chi connectivity index (χ3n) is 9.12. The van der Waals surface area contributed by atoms with E-state index >= 15 is 0 Å². The van der Waals surface area contributed by atoms with Crippen LogP contribution in [0.2, 0.25) is 0 Å². The summed E-state index contributed by atoms with van der Waals surface area (Å²) < 4.78 is 6.55. The number of furan rings is 1. The van der Waals surface area contributed by atoms with Gasteiger partial charge in [0.25, 0.3) is 0 Å². The van der Waals surface area contributed by atoms with Crippen molar-refractivity contribution in [3.63, 3.8) is 0 Å². The Morgan fingerprint density at radius 2 is 0.955 bits per heavy atom. The van der Waals surface area contributed by atoms with E-state index < -0.39 is 0 Å². The molecule has 1 aromatic heterocycles. The van der Waals surface area contributed by atoms with Gasteiger partial charge >= 0.3 is 0 Å². The van der Waals surface area contributed by atoms with E-state index in [1.807, 2.05) is 6.07 Å². The summed E-state index contributed by atoms with van der Waals surface area (Å²) in [6.07, 6.45) is 0. The van der Waals surface area contributed by atoms with E-state index in [9.17, 15) is 0 Å². The van der Waals surface area contributed by atoms with Crippen LogP contribution in [0.5, 0.6) is 0 Å². The highest BCUT2D eigenvalue weighted by Gasteiger charge is 2.20. The fourth-order valence-electron chi connectivity index (χ4n) is 7.09. The largest absolute Gasteiger partial charge is 0.455 e. The summed E-state index contributed by atoms with van der Waals surface area (Å²) in [6.45, 7) is 2.13. The Kier molecular flexibility index (Phi) is 5.48. The lowest BCUT2D eigenvalue weighted by Crippen LogP contribution is -1.92. The monoisotopic (exact) mass is 560 g/mol. The van der Waals surface area contributed by atoms with E-state index in [2.05, 4.69) is 153 Å². The minimum atomic E-state index is 0.911. The van der Waals surface area contributed by atoms with Crippen molar-refractivity contribution in [1.29, 1.82) is 0 Å². The van der Waals surface area contributed by atoms with Crippen LogP contribution in [0.15, 0.2) is 156 Å². The average Bonchev–Trinajstić information content (AvgIpc) is 3.46. The molecule has 206 valence electrons. The predicted octanol–water partition coefficient (Wildman–Crippen LogP) is 12.4. The van der Waals surface area contributed by atoms with Crippen molar-refractivity contribution in [3.05, 3.63) is 157 Å². The molecule has 9 rings (SSSR count). The third kappa shape index (κ3) is 3.73. The normalized spacial score (nSPS) is 11.8. The molecule has 9 aromatic rings. The van der Waals surface area contributed by atoms with Crippen LogP contribution in [0.1, 0.15) is 5.56 Å². The Hall–Kier alpha value is -5.66. The standard InChI is InChI=1S/C43H28O/c1-27-21-23-29(24-22-27)38-25-30(26-39-32-14-8-9-20-40(32)44-43(38)39)41-34-15-4-6-17-36(34)42(37-18-7-5-16-35(37)41)33-19-10-12-28-11-2-3-13-31(28)33/h2-26H,1H3. The van der Waals surface area contributed by atoms with Gasteiger partial charge in [0.15, 0.2) is 0 Å². The molecule has 44 heavy (non-hydrogen) atoms. The van der Waals surface area contributed by atoms with Gasteiger partial charge < -0.3 is 4.42 Å². The van der Waals surface area contributed by atoms with Gasteiger partial charge in [-0.2, -0.15) is 0 Å². The Labute approximate surface area is 255 Å². The Bertz CT molecular complexity index is 2490. The van der Waals surface area contributed by atoms with Crippen LogP contribution in [0, 0.1) is 6.92 Å². The zero-order valence-corrected chi connectivity index (χ0v) is 24.3. The molecule has 0 unspecified atom stereocenters. The lowest BCUT2D eigenvalue weighted by Gasteiger charge is -2.19. The number of rotatable bonds is 3. The SMILES string of the molecule is Cc1ccc(-c2cc(-c3c4ccccc4c(-c4cccc5ccccc45)c4ccccc34)cc3c2oc2ccccc23)cc1. The zero-order valence-electron chi connectivity index (χ0n) is 24.3. The molecular formula is C43H28O. The maximum Gasteiger partial charge on any atom is 0.143 e. The summed E-state index contributed by atoms with van der Waals surface area (Å²) in [4.78, 5) is 0. The summed E-state index contributed by atoms with van der Waals surface area (Å²) in [5.74, 6) is 0. The first-order valence-corrected chi connectivity index (χ1v) is 15.2. The highest BCUT2D eigenvalue weighted by Crippen LogP contribution is 2.47. The number of benzene rings is 8. The van der Waals surface area contributed by atoms with Gasteiger partial charge in [0.2, 0.25) is 0 Å². The first-order chi connectivity index (χ1) is 21.7. The second-order valence-electron chi connectivity index (χ2n) is 11.7. The van der Waals surface area contributed by atoms with Gasteiger partial charge in [-0.1, -0.05) is 139 Å². The summed E-state index contributed by atoms with van der Waals surface area (Å²) in [7, 11) is 0. The smallest absolute Gasteiger partial charge is 0.143 e. The second kappa shape index (κ2) is 9.69. The minimum Gasteiger partial charge on any atom is -0.455 e. The molecule has 0 atom stereocenters. The fraction of sp³-hybridized carbons (Fsp3) is 0.0233. The number of hydrogen-bond donors (Lipinski definition) is 0. The van der Waals surface area contributed by atoms with Crippen molar-refractivity contribution >= 4 is 54.3 Å². The molecule has 0 bridgehead atoms. The summed E-state index contributed by atoms with van der Waals surface area (Å²) in [6, 6.07) is 55.0. The van der Waals surface area contributed by atoms with Crippen LogP contribution in [0.25, 0.3) is 87.6 Å². The molecule has 0 saturated carbocycles. The first-order valence-electron chi connectivity index (χ1n) is 15.2. The molecule has 1 nitrogen and oxygen atoms in total. The molecule has 0 fully saturated rings. The van der Waals surface area contributed by atoms with Gasteiger partial charge in [-0.05, 0) is 85.3 Å². The molecular weight excluding hydrogens is 532 g/mol. The summed E-state index contributed by atoms with van der Waals surface area (Å²) in [5.41, 5.74) is 10.3. The van der Waals surface area contributed by atoms with Crippen molar-refractivity contribution in [1.82, 2.24) is 0 Å². The zero-order chi connectivity index (χ0) is 29.2. The van der Waals surface area contributed by atoms with Gasteiger partial charge in [-0.3, -0.25) is 0 Å². The van der Waals surface area contributed by atoms with E-state index in [1.54, 1.807) is 0 Å². The molecule has 0 N–H and O–H groups in total. The molecule has 1 heterocycles. The summed E-state index contributed by atoms with van der Waals surface area (Å²) >= 11 is 0. The molecule has 1 heteroatoms. The molecule has 0 amide bonds. The van der Waals surface area contributed by atoms with Crippen LogP contribution in [-0.2, 0) is 0 Å². The van der Waals surface area contributed by atoms with Crippen molar-refractivity contribution in [3.8, 4) is 33.4 Å². The van der Waals surface area contributed by atoms with E-state index in [0.717, 1.165) is 33.1 Å². The van der Waals surface area contributed by atoms with Gasteiger partial charge in [-0.25, -0.2) is 0 Å². The van der Waals surface area contributed by atoms with Gasteiger partial charge in [0.05, 0.1) is 0 Å². The van der Waals surface area contributed by atoms with Crippen LogP contribution >= 0.6 is 0 Å². The average molecular weight is 561 g/mol. The van der Waals surface area contributed by atoms with Crippen LogP contribution in [0.4, 0.5) is 0 Å². The van der Waals surface area contributed by atoms with E-state index in [-0.39, 0.29) is 0 Å². The topological polar surface area (TPSA) is 13.1 Å². The fourth-order valence-corrected chi connectivity index (χ4v) is 7.09. The minimum absolute atomic E-state index is 0.911.